The Morgan fingerprint density at radius 3 is 3.00 bits per heavy atom. The number of carbonyl (C=O) groups is 1. The molecule has 1 aliphatic rings. The summed E-state index contributed by atoms with van der Waals surface area (Å²) in [6.07, 6.45) is 0. The number of amides is 1. The second-order valence-electron chi connectivity index (χ2n) is 2.69. The van der Waals surface area contributed by atoms with Crippen molar-refractivity contribution in [1.82, 2.24) is 5.32 Å². The molecular formula is C8H6F2N2O. The number of carbonyl (C=O) groups excluding carboxylic acids is 1. The van der Waals surface area contributed by atoms with Gasteiger partial charge in [-0.1, -0.05) is 4.48 Å². The van der Waals surface area contributed by atoms with Gasteiger partial charge in [0.05, 0.1) is 11.3 Å². The maximum Gasteiger partial charge on any atom is 0.254 e. The Bertz CT molecular complexity index is 367. The number of nitrogens with zero attached hydrogens (tertiary/aromatic N) is 1. The van der Waals surface area contributed by atoms with Crippen LogP contribution in [0.25, 0.3) is 0 Å². The minimum Gasteiger partial charge on any atom is -0.332 e. The van der Waals surface area contributed by atoms with E-state index in [4.69, 9.17) is 0 Å². The molecule has 68 valence electrons. The molecule has 2 rings (SSSR count). The smallest absolute Gasteiger partial charge is 0.254 e. The van der Waals surface area contributed by atoms with E-state index < -0.39 is 5.82 Å². The van der Waals surface area contributed by atoms with Crippen LogP contribution in [0.5, 0.6) is 0 Å². The van der Waals surface area contributed by atoms with Crippen molar-refractivity contribution < 1.29 is 13.7 Å². The summed E-state index contributed by atoms with van der Waals surface area (Å²) in [7, 11) is 0. The first-order valence-corrected chi connectivity index (χ1v) is 3.69. The summed E-state index contributed by atoms with van der Waals surface area (Å²) in [4.78, 5) is 11.1. The van der Waals surface area contributed by atoms with Gasteiger partial charge in [0.1, 0.15) is 12.5 Å². The van der Waals surface area contributed by atoms with Crippen LogP contribution < -0.4 is 10.4 Å². The van der Waals surface area contributed by atoms with Gasteiger partial charge in [-0.3, -0.25) is 4.79 Å². The molecule has 1 aromatic carbocycles. The van der Waals surface area contributed by atoms with Gasteiger partial charge in [0, 0.05) is 6.07 Å². The van der Waals surface area contributed by atoms with Gasteiger partial charge < -0.3 is 5.32 Å². The van der Waals surface area contributed by atoms with Gasteiger partial charge in [0.25, 0.3) is 5.91 Å². The van der Waals surface area contributed by atoms with Crippen molar-refractivity contribution in [3.05, 3.63) is 29.6 Å². The van der Waals surface area contributed by atoms with Gasteiger partial charge in [-0.15, -0.1) is 0 Å². The molecule has 1 aliphatic heterocycles. The molecule has 0 spiro atoms. The standard InChI is InChI=1S/C8H6F2N2O/c9-5-1-2-6-7(3-5)12(10)4-11-8(6)13/h1-3H,4H2,(H,11,13). The highest BCUT2D eigenvalue weighted by atomic mass is 19.2. The molecule has 0 bridgehead atoms. The van der Waals surface area contributed by atoms with E-state index in [1.807, 2.05) is 0 Å². The van der Waals surface area contributed by atoms with E-state index in [2.05, 4.69) is 5.32 Å². The van der Waals surface area contributed by atoms with Gasteiger partial charge in [-0.2, -0.15) is 5.12 Å². The molecule has 0 saturated heterocycles. The summed E-state index contributed by atoms with van der Waals surface area (Å²) in [6.45, 7) is -0.241. The fraction of sp³-hybridized carbons (Fsp3) is 0.125. The van der Waals surface area contributed by atoms with Gasteiger partial charge in [0.15, 0.2) is 0 Å². The molecule has 0 saturated carbocycles. The Labute approximate surface area is 72.9 Å². The van der Waals surface area contributed by atoms with Gasteiger partial charge >= 0.3 is 0 Å². The fourth-order valence-corrected chi connectivity index (χ4v) is 1.22. The van der Waals surface area contributed by atoms with E-state index in [1.165, 1.54) is 6.07 Å². The largest absolute Gasteiger partial charge is 0.332 e. The van der Waals surface area contributed by atoms with Crippen LogP contribution in [0.2, 0.25) is 0 Å². The molecule has 5 heteroatoms. The first kappa shape index (κ1) is 7.97. The number of anilines is 1. The Balaban J connectivity index is 2.57. The van der Waals surface area contributed by atoms with Gasteiger partial charge in [0.2, 0.25) is 0 Å². The number of benzene rings is 1. The molecule has 0 radical (unpaired) electrons. The van der Waals surface area contributed by atoms with Crippen LogP contribution >= 0.6 is 0 Å². The quantitative estimate of drug-likeness (QED) is 0.615. The first-order valence-electron chi connectivity index (χ1n) is 3.69. The van der Waals surface area contributed by atoms with E-state index in [0.29, 0.717) is 5.12 Å². The summed E-state index contributed by atoms with van der Waals surface area (Å²) >= 11 is 0. The zero-order chi connectivity index (χ0) is 9.42. The van der Waals surface area contributed by atoms with Crippen molar-refractivity contribution in [1.29, 1.82) is 0 Å². The number of hydrogen-bond donors (Lipinski definition) is 1. The lowest BCUT2D eigenvalue weighted by Crippen LogP contribution is -2.39. The third-order valence-corrected chi connectivity index (χ3v) is 1.84. The summed E-state index contributed by atoms with van der Waals surface area (Å²) < 4.78 is 25.7. The Kier molecular flexibility index (Phi) is 1.65. The molecule has 1 N–H and O–H groups in total. The van der Waals surface area contributed by atoms with Crippen LogP contribution in [-0.4, -0.2) is 12.6 Å². The molecular weight excluding hydrogens is 178 g/mol. The monoisotopic (exact) mass is 184 g/mol. The lowest BCUT2D eigenvalue weighted by Gasteiger charge is -2.22. The van der Waals surface area contributed by atoms with Crippen molar-refractivity contribution in [2.45, 2.75) is 0 Å². The molecule has 0 unspecified atom stereocenters. The minimum absolute atomic E-state index is 0.0243. The normalized spacial score (nSPS) is 15.2. The topological polar surface area (TPSA) is 32.3 Å². The predicted octanol–water partition coefficient (Wildman–Crippen LogP) is 1.22. The Morgan fingerprint density at radius 2 is 2.23 bits per heavy atom. The second-order valence-corrected chi connectivity index (χ2v) is 2.69. The number of fused-ring (bicyclic) bond motifs is 1. The van der Waals surface area contributed by atoms with E-state index in [-0.39, 0.29) is 23.8 Å². The first-order chi connectivity index (χ1) is 6.18. The fourth-order valence-electron chi connectivity index (χ4n) is 1.22. The van der Waals surface area contributed by atoms with E-state index in [0.717, 1.165) is 12.1 Å². The van der Waals surface area contributed by atoms with Gasteiger partial charge in [-0.25, -0.2) is 4.39 Å². The van der Waals surface area contributed by atoms with E-state index in [9.17, 15) is 13.7 Å². The Morgan fingerprint density at radius 1 is 1.46 bits per heavy atom. The van der Waals surface area contributed by atoms with Gasteiger partial charge in [-0.05, 0) is 12.1 Å². The SMILES string of the molecule is O=C1NCN(F)c2cc(F)ccc21. The number of hydrogen-bond acceptors (Lipinski definition) is 2. The molecule has 0 aliphatic carbocycles. The highest BCUT2D eigenvalue weighted by Gasteiger charge is 2.22. The van der Waals surface area contributed by atoms with Crippen LogP contribution in [0, 0.1) is 5.82 Å². The zero-order valence-electron chi connectivity index (χ0n) is 6.55. The molecule has 1 heterocycles. The second kappa shape index (κ2) is 2.69. The zero-order valence-corrected chi connectivity index (χ0v) is 6.55. The molecule has 3 nitrogen and oxygen atoms in total. The summed E-state index contributed by atoms with van der Waals surface area (Å²) in [5.41, 5.74) is 0.124. The van der Waals surface area contributed by atoms with Crippen LogP contribution in [0.15, 0.2) is 18.2 Å². The van der Waals surface area contributed by atoms with Crippen LogP contribution in [0.4, 0.5) is 14.6 Å². The maximum atomic E-state index is 13.0. The van der Waals surface area contributed by atoms with E-state index >= 15 is 0 Å². The summed E-state index contributed by atoms with van der Waals surface area (Å²) in [5, 5.41) is 2.59. The third-order valence-electron chi connectivity index (χ3n) is 1.84. The Hall–Kier alpha value is -1.65. The molecule has 0 atom stereocenters. The number of halogens is 2. The van der Waals surface area contributed by atoms with Crippen LogP contribution in [0.1, 0.15) is 10.4 Å². The lowest BCUT2D eigenvalue weighted by molar-refractivity contribution is 0.0938. The van der Waals surface area contributed by atoms with Crippen LogP contribution in [0.3, 0.4) is 0 Å². The average Bonchev–Trinajstić information content (AvgIpc) is 2.12. The highest BCUT2D eigenvalue weighted by molar-refractivity contribution is 6.01. The van der Waals surface area contributed by atoms with Crippen molar-refractivity contribution >= 4 is 11.6 Å². The maximum absolute atomic E-state index is 13.0. The number of nitrogens with one attached hydrogen (secondary N) is 1. The number of rotatable bonds is 0. The van der Waals surface area contributed by atoms with Crippen molar-refractivity contribution in [3.63, 3.8) is 0 Å². The molecule has 0 fully saturated rings. The lowest BCUT2D eigenvalue weighted by atomic mass is 10.1. The third kappa shape index (κ3) is 1.22. The van der Waals surface area contributed by atoms with Crippen LogP contribution in [-0.2, 0) is 0 Å². The molecule has 1 amide bonds. The molecule has 1 aromatic rings. The average molecular weight is 184 g/mol. The highest BCUT2D eigenvalue weighted by Crippen LogP contribution is 2.24. The molecule has 13 heavy (non-hydrogen) atoms. The predicted molar refractivity (Wildman–Crippen MR) is 42.3 cm³/mol. The van der Waals surface area contributed by atoms with Crippen molar-refractivity contribution in [2.75, 3.05) is 11.8 Å². The van der Waals surface area contributed by atoms with Crippen molar-refractivity contribution in [2.24, 2.45) is 0 Å². The summed E-state index contributed by atoms with van der Waals surface area (Å²) in [6, 6.07) is 3.37. The van der Waals surface area contributed by atoms with Crippen molar-refractivity contribution in [3.8, 4) is 0 Å². The summed E-state index contributed by atoms with van der Waals surface area (Å²) in [5.74, 6) is -0.944. The molecule has 0 aromatic heterocycles. The minimum atomic E-state index is -0.559. The van der Waals surface area contributed by atoms with E-state index in [1.54, 1.807) is 0 Å².